The molecule has 1 saturated heterocycles. The van der Waals surface area contributed by atoms with Crippen molar-refractivity contribution in [2.24, 2.45) is 0 Å². The highest BCUT2D eigenvalue weighted by atomic mass is 35.5. The first-order chi connectivity index (χ1) is 16.3. The maximum atomic E-state index is 15.0. The Morgan fingerprint density at radius 2 is 1.12 bits per heavy atom. The molecule has 1 aliphatic rings. The first-order valence-corrected chi connectivity index (χ1v) is 14.4. The third-order valence-corrected chi connectivity index (χ3v) is 9.89. The van der Waals surface area contributed by atoms with E-state index in [0.29, 0.717) is 37.9 Å². The molecule has 0 spiro atoms. The Morgan fingerprint density at radius 3 is 1.44 bits per heavy atom. The number of rotatable bonds is 11. The van der Waals surface area contributed by atoms with Gasteiger partial charge in [0.15, 0.2) is 0 Å². The number of hydrogen-bond acceptors (Lipinski definition) is 3. The summed E-state index contributed by atoms with van der Waals surface area (Å²) in [5, 5.41) is 0. The van der Waals surface area contributed by atoms with Crippen LogP contribution in [0.3, 0.4) is 0 Å². The molecule has 0 amide bonds. The van der Waals surface area contributed by atoms with E-state index in [1.54, 1.807) is 0 Å². The van der Waals surface area contributed by atoms with Crippen molar-refractivity contribution in [3.63, 3.8) is 0 Å². The van der Waals surface area contributed by atoms with Crippen LogP contribution in [-0.2, 0) is 17.7 Å². The van der Waals surface area contributed by atoms with Crippen molar-refractivity contribution in [3.8, 4) is 0 Å². The minimum absolute atomic E-state index is 0.414. The average Bonchev–Trinajstić information content (AvgIpc) is 2.82. The van der Waals surface area contributed by atoms with Gasteiger partial charge >= 0.3 is 0 Å². The van der Waals surface area contributed by atoms with Crippen LogP contribution in [0.4, 0.5) is 11.4 Å². The van der Waals surface area contributed by atoms with Gasteiger partial charge in [-0.05, 0) is 41.8 Å². The van der Waals surface area contributed by atoms with E-state index >= 15 is 0 Å². The standard InChI is InChI=1S/C25H38Cl2N5OP/c1-28(2)24-10-6-22(7-11-24)20-31-16-5-17-32(34(31,33)30(18-14-26)19-15-27)21-23-8-12-25(13-9-23)29(3)4/h6-13H,5,14-21H2,1-4H3. The molecule has 0 saturated carbocycles. The van der Waals surface area contributed by atoms with E-state index in [1.807, 2.05) is 32.9 Å². The van der Waals surface area contributed by atoms with Gasteiger partial charge in [-0.3, -0.25) is 4.57 Å². The van der Waals surface area contributed by atoms with Gasteiger partial charge in [0.1, 0.15) is 0 Å². The smallest absolute Gasteiger partial charge is 0.287 e. The molecule has 0 unspecified atom stereocenters. The maximum absolute atomic E-state index is 15.0. The molecule has 1 fully saturated rings. The minimum Gasteiger partial charge on any atom is -0.378 e. The van der Waals surface area contributed by atoms with Crippen LogP contribution < -0.4 is 9.80 Å². The number of halogens is 2. The van der Waals surface area contributed by atoms with Gasteiger partial charge in [0, 0.05) is 90.6 Å². The van der Waals surface area contributed by atoms with Gasteiger partial charge in [0.2, 0.25) is 0 Å². The number of hydrogen-bond donors (Lipinski definition) is 0. The molecule has 34 heavy (non-hydrogen) atoms. The second-order valence-electron chi connectivity index (χ2n) is 9.10. The summed E-state index contributed by atoms with van der Waals surface area (Å²) in [4.78, 5) is 4.17. The summed E-state index contributed by atoms with van der Waals surface area (Å²) in [5.41, 5.74) is 4.61. The molecule has 188 valence electrons. The van der Waals surface area contributed by atoms with Crippen molar-refractivity contribution in [1.29, 1.82) is 0 Å². The van der Waals surface area contributed by atoms with E-state index < -0.39 is 7.59 Å². The molecular weight excluding hydrogens is 488 g/mol. The lowest BCUT2D eigenvalue weighted by molar-refractivity contribution is 0.225. The Kier molecular flexibility index (Phi) is 10.1. The molecule has 0 aromatic heterocycles. The number of alkyl halides is 2. The summed E-state index contributed by atoms with van der Waals surface area (Å²) < 4.78 is 21.3. The summed E-state index contributed by atoms with van der Waals surface area (Å²) >= 11 is 12.3. The molecule has 3 rings (SSSR count). The van der Waals surface area contributed by atoms with Gasteiger partial charge in [-0.1, -0.05) is 24.3 Å². The predicted octanol–water partition coefficient (Wildman–Crippen LogP) is 5.41. The van der Waals surface area contributed by atoms with E-state index in [0.717, 1.165) is 42.0 Å². The molecule has 1 aliphatic heterocycles. The van der Waals surface area contributed by atoms with Gasteiger partial charge in [-0.2, -0.15) is 0 Å². The van der Waals surface area contributed by atoms with Crippen LogP contribution in [0.25, 0.3) is 0 Å². The predicted molar refractivity (Wildman–Crippen MR) is 148 cm³/mol. The summed E-state index contributed by atoms with van der Waals surface area (Å²) in [6.45, 7) is 3.90. The van der Waals surface area contributed by atoms with Crippen LogP contribution in [0, 0.1) is 0 Å². The van der Waals surface area contributed by atoms with Crippen molar-refractivity contribution >= 4 is 42.2 Å². The summed E-state index contributed by atoms with van der Waals surface area (Å²) in [7, 11) is 5.08. The van der Waals surface area contributed by atoms with E-state index in [-0.39, 0.29) is 0 Å². The molecule has 9 heteroatoms. The van der Waals surface area contributed by atoms with Gasteiger partial charge in [0.05, 0.1) is 0 Å². The maximum Gasteiger partial charge on any atom is 0.287 e. The SMILES string of the molecule is CN(C)c1ccc(CN2CCCN(Cc3ccc(N(C)C)cc3)P2(=O)N(CCCl)CCCl)cc1. The van der Waals surface area contributed by atoms with Crippen molar-refractivity contribution in [2.75, 3.05) is 75.9 Å². The van der Waals surface area contributed by atoms with Crippen molar-refractivity contribution < 1.29 is 4.57 Å². The van der Waals surface area contributed by atoms with Crippen LogP contribution in [0.1, 0.15) is 17.5 Å². The molecule has 0 radical (unpaired) electrons. The molecule has 0 aliphatic carbocycles. The number of nitrogens with zero attached hydrogens (tertiary/aromatic N) is 5. The lowest BCUT2D eigenvalue weighted by Crippen LogP contribution is -2.46. The Hall–Kier alpha value is -1.27. The summed E-state index contributed by atoms with van der Waals surface area (Å²) in [6.07, 6.45) is 0.963. The normalized spacial score (nSPS) is 16.7. The molecule has 1 heterocycles. The average molecular weight is 526 g/mol. The van der Waals surface area contributed by atoms with Gasteiger partial charge in [-0.15, -0.1) is 23.2 Å². The Bertz CT molecular complexity index is 868. The first-order valence-electron chi connectivity index (χ1n) is 11.8. The number of anilines is 2. The Morgan fingerprint density at radius 1 is 0.735 bits per heavy atom. The van der Waals surface area contributed by atoms with Gasteiger partial charge in [0.25, 0.3) is 7.59 Å². The third kappa shape index (κ3) is 6.48. The van der Waals surface area contributed by atoms with E-state index in [1.165, 1.54) is 0 Å². The lowest BCUT2D eigenvalue weighted by Gasteiger charge is -2.48. The van der Waals surface area contributed by atoms with E-state index in [2.05, 4.69) is 67.7 Å². The first kappa shape index (κ1) is 27.3. The Labute approximate surface area is 215 Å². The van der Waals surface area contributed by atoms with Crippen LogP contribution >= 0.6 is 30.8 Å². The van der Waals surface area contributed by atoms with Crippen molar-refractivity contribution in [2.45, 2.75) is 19.5 Å². The molecule has 2 aromatic carbocycles. The zero-order valence-electron chi connectivity index (χ0n) is 20.8. The zero-order valence-corrected chi connectivity index (χ0v) is 23.2. The fourth-order valence-electron chi connectivity index (χ4n) is 4.36. The highest BCUT2D eigenvalue weighted by molar-refractivity contribution is 7.56. The topological polar surface area (TPSA) is 33.3 Å². The van der Waals surface area contributed by atoms with Crippen molar-refractivity contribution in [1.82, 2.24) is 14.0 Å². The largest absolute Gasteiger partial charge is 0.378 e. The van der Waals surface area contributed by atoms with Gasteiger partial charge < -0.3 is 9.80 Å². The van der Waals surface area contributed by atoms with E-state index in [9.17, 15) is 4.57 Å². The van der Waals surface area contributed by atoms with E-state index in [4.69, 9.17) is 23.2 Å². The second-order valence-corrected chi connectivity index (χ2v) is 12.6. The third-order valence-electron chi connectivity index (χ3n) is 6.26. The fourth-order valence-corrected chi connectivity index (χ4v) is 8.30. The van der Waals surface area contributed by atoms with Crippen LogP contribution in [0.15, 0.2) is 48.5 Å². The molecule has 0 N–H and O–H groups in total. The Balaban J connectivity index is 1.91. The highest BCUT2D eigenvalue weighted by Crippen LogP contribution is 2.59. The molecule has 0 bridgehead atoms. The quantitative estimate of drug-likeness (QED) is 0.288. The van der Waals surface area contributed by atoms with Crippen molar-refractivity contribution in [3.05, 3.63) is 59.7 Å². The molecule has 6 nitrogen and oxygen atoms in total. The second kappa shape index (κ2) is 12.6. The highest BCUT2D eigenvalue weighted by Gasteiger charge is 2.44. The summed E-state index contributed by atoms with van der Waals surface area (Å²) in [5.74, 6) is 0.829. The summed E-state index contributed by atoms with van der Waals surface area (Å²) in [6, 6.07) is 17.0. The minimum atomic E-state index is -3.06. The van der Waals surface area contributed by atoms with Crippen LogP contribution in [0.2, 0.25) is 0 Å². The van der Waals surface area contributed by atoms with Crippen LogP contribution in [-0.4, -0.2) is 80.1 Å². The molecular formula is C25H38Cl2N5OP. The number of benzene rings is 2. The zero-order chi connectivity index (χ0) is 24.7. The van der Waals surface area contributed by atoms with Gasteiger partial charge in [-0.25, -0.2) is 14.0 Å². The molecule has 0 atom stereocenters. The molecule has 2 aromatic rings. The lowest BCUT2D eigenvalue weighted by atomic mass is 10.2. The fraction of sp³-hybridized carbons (Fsp3) is 0.520. The monoisotopic (exact) mass is 525 g/mol. The van der Waals surface area contributed by atoms with Crippen LogP contribution in [0.5, 0.6) is 0 Å².